The van der Waals surface area contributed by atoms with Gasteiger partial charge in [0.05, 0.1) is 6.04 Å². The molecule has 0 bridgehead atoms. The fraction of sp³-hybridized carbons (Fsp3) is 0.350. The molecule has 0 aliphatic heterocycles. The molecular weight excluding hydrogens is 270 g/mol. The second-order valence-corrected chi connectivity index (χ2v) is 6.15. The predicted octanol–water partition coefficient (Wildman–Crippen LogP) is 4.52. The lowest BCUT2D eigenvalue weighted by Gasteiger charge is -2.21. The van der Waals surface area contributed by atoms with E-state index in [1.165, 1.54) is 11.1 Å². The molecule has 0 aromatic heterocycles. The largest absolute Gasteiger partial charge is 0.349 e. The summed E-state index contributed by atoms with van der Waals surface area (Å²) in [7, 11) is 0. The fourth-order valence-electron chi connectivity index (χ4n) is 2.60. The minimum Gasteiger partial charge on any atom is -0.349 e. The summed E-state index contributed by atoms with van der Waals surface area (Å²) < 4.78 is 0. The first-order chi connectivity index (χ1) is 10.6. The van der Waals surface area contributed by atoms with Crippen molar-refractivity contribution in [3.63, 3.8) is 0 Å². The molecule has 0 unspecified atom stereocenters. The second kappa shape index (κ2) is 8.38. The smallest absolute Gasteiger partial charge is 0.220 e. The maximum absolute atomic E-state index is 12.3. The topological polar surface area (TPSA) is 29.1 Å². The van der Waals surface area contributed by atoms with Crippen molar-refractivity contribution in [2.24, 2.45) is 5.92 Å². The Labute approximate surface area is 133 Å². The van der Waals surface area contributed by atoms with Crippen molar-refractivity contribution >= 4 is 5.91 Å². The summed E-state index contributed by atoms with van der Waals surface area (Å²) in [4.78, 5) is 12.3. The highest BCUT2D eigenvalue weighted by Crippen LogP contribution is 2.21. The standard InChI is InChI=1S/C20H25NO/c1-16(2)15-19(18-11-7-4-8-12-18)21-20(22)14-13-17-9-5-3-6-10-17/h3-12,16,19H,13-15H2,1-2H3,(H,21,22)/t19-/m0/s1. The number of carbonyl (C=O) groups is 1. The third-order valence-electron chi connectivity index (χ3n) is 3.73. The SMILES string of the molecule is CC(C)C[C@H](NC(=O)CCc1ccccc1)c1ccccc1. The molecule has 1 atom stereocenters. The number of carbonyl (C=O) groups excluding carboxylic acids is 1. The van der Waals surface area contributed by atoms with Crippen LogP contribution < -0.4 is 5.32 Å². The van der Waals surface area contributed by atoms with Gasteiger partial charge in [0.15, 0.2) is 0 Å². The molecule has 2 rings (SSSR count). The Balaban J connectivity index is 1.93. The van der Waals surface area contributed by atoms with E-state index >= 15 is 0 Å². The van der Waals surface area contributed by atoms with Crippen molar-refractivity contribution in [2.75, 3.05) is 0 Å². The van der Waals surface area contributed by atoms with Crippen LogP contribution in [-0.4, -0.2) is 5.91 Å². The molecule has 0 saturated heterocycles. The van der Waals surface area contributed by atoms with Crippen LogP contribution in [0.3, 0.4) is 0 Å². The summed E-state index contributed by atoms with van der Waals surface area (Å²) in [6.45, 7) is 4.37. The molecular formula is C20H25NO. The molecule has 2 heteroatoms. The molecule has 0 radical (unpaired) electrons. The molecule has 0 saturated carbocycles. The summed E-state index contributed by atoms with van der Waals surface area (Å²) in [6, 6.07) is 20.5. The van der Waals surface area contributed by atoms with Crippen molar-refractivity contribution in [2.45, 2.75) is 39.2 Å². The predicted molar refractivity (Wildman–Crippen MR) is 91.5 cm³/mol. The van der Waals surface area contributed by atoms with Gasteiger partial charge in [-0.3, -0.25) is 4.79 Å². The van der Waals surface area contributed by atoms with Gasteiger partial charge in [0.2, 0.25) is 5.91 Å². The highest BCUT2D eigenvalue weighted by atomic mass is 16.1. The lowest BCUT2D eigenvalue weighted by Crippen LogP contribution is -2.29. The summed E-state index contributed by atoms with van der Waals surface area (Å²) in [5, 5.41) is 3.20. The highest BCUT2D eigenvalue weighted by molar-refractivity contribution is 5.76. The molecule has 2 nitrogen and oxygen atoms in total. The molecule has 1 N–H and O–H groups in total. The van der Waals surface area contributed by atoms with Gasteiger partial charge < -0.3 is 5.32 Å². The van der Waals surface area contributed by atoms with Crippen molar-refractivity contribution in [3.8, 4) is 0 Å². The molecule has 0 aliphatic carbocycles. The van der Waals surface area contributed by atoms with Crippen LogP contribution in [0.2, 0.25) is 0 Å². The zero-order chi connectivity index (χ0) is 15.8. The summed E-state index contributed by atoms with van der Waals surface area (Å²) in [5.74, 6) is 0.665. The second-order valence-electron chi connectivity index (χ2n) is 6.15. The fourth-order valence-corrected chi connectivity index (χ4v) is 2.60. The summed E-state index contributed by atoms with van der Waals surface area (Å²) in [6.07, 6.45) is 2.28. The highest BCUT2D eigenvalue weighted by Gasteiger charge is 2.15. The Morgan fingerprint density at radius 3 is 2.14 bits per heavy atom. The van der Waals surface area contributed by atoms with Gasteiger partial charge in [0.25, 0.3) is 0 Å². The number of aryl methyl sites for hydroxylation is 1. The first-order valence-corrected chi connectivity index (χ1v) is 8.03. The first kappa shape index (κ1) is 16.3. The van der Waals surface area contributed by atoms with Crippen molar-refractivity contribution in [1.82, 2.24) is 5.32 Å². The quantitative estimate of drug-likeness (QED) is 0.799. The first-order valence-electron chi connectivity index (χ1n) is 8.03. The van der Waals surface area contributed by atoms with Crippen molar-refractivity contribution < 1.29 is 4.79 Å². The van der Waals surface area contributed by atoms with E-state index in [0.717, 1.165) is 12.8 Å². The number of hydrogen-bond donors (Lipinski definition) is 1. The molecule has 0 aliphatic rings. The van der Waals surface area contributed by atoms with Gasteiger partial charge >= 0.3 is 0 Å². The van der Waals surface area contributed by atoms with Crippen LogP contribution in [0.25, 0.3) is 0 Å². The van der Waals surface area contributed by atoms with E-state index in [9.17, 15) is 4.79 Å². The van der Waals surface area contributed by atoms with Gasteiger partial charge in [-0.2, -0.15) is 0 Å². The molecule has 116 valence electrons. The zero-order valence-electron chi connectivity index (χ0n) is 13.5. The molecule has 0 heterocycles. The van der Waals surface area contributed by atoms with Crippen LogP contribution in [0.1, 0.15) is 43.9 Å². The summed E-state index contributed by atoms with van der Waals surface area (Å²) in [5.41, 5.74) is 2.39. The van der Waals surface area contributed by atoms with Crippen LogP contribution in [0, 0.1) is 5.92 Å². The maximum Gasteiger partial charge on any atom is 0.220 e. The summed E-state index contributed by atoms with van der Waals surface area (Å²) >= 11 is 0. The maximum atomic E-state index is 12.3. The third kappa shape index (κ3) is 5.36. The lowest BCUT2D eigenvalue weighted by atomic mass is 9.96. The minimum atomic E-state index is 0.101. The molecule has 2 aromatic rings. The van der Waals surface area contributed by atoms with E-state index in [1.54, 1.807) is 0 Å². The lowest BCUT2D eigenvalue weighted by molar-refractivity contribution is -0.121. The van der Waals surface area contributed by atoms with Crippen LogP contribution in [0.15, 0.2) is 60.7 Å². The van der Waals surface area contributed by atoms with Gasteiger partial charge in [0, 0.05) is 6.42 Å². The van der Waals surface area contributed by atoms with E-state index in [0.29, 0.717) is 12.3 Å². The average Bonchev–Trinajstić information content (AvgIpc) is 2.54. The van der Waals surface area contributed by atoms with E-state index in [1.807, 2.05) is 36.4 Å². The number of rotatable bonds is 7. The van der Waals surface area contributed by atoms with Crippen LogP contribution in [0.4, 0.5) is 0 Å². The van der Waals surface area contributed by atoms with E-state index in [4.69, 9.17) is 0 Å². The third-order valence-corrected chi connectivity index (χ3v) is 3.73. The van der Waals surface area contributed by atoms with Crippen LogP contribution in [-0.2, 0) is 11.2 Å². The average molecular weight is 295 g/mol. The Morgan fingerprint density at radius 1 is 0.955 bits per heavy atom. The van der Waals surface area contributed by atoms with E-state index in [2.05, 4.69) is 43.4 Å². The molecule has 0 spiro atoms. The van der Waals surface area contributed by atoms with Crippen LogP contribution >= 0.6 is 0 Å². The van der Waals surface area contributed by atoms with Gasteiger partial charge in [-0.05, 0) is 29.9 Å². The van der Waals surface area contributed by atoms with Gasteiger partial charge in [-0.25, -0.2) is 0 Å². The number of amides is 1. The number of benzene rings is 2. The Bertz CT molecular complexity index is 563. The molecule has 2 aromatic carbocycles. The van der Waals surface area contributed by atoms with E-state index < -0.39 is 0 Å². The minimum absolute atomic E-state index is 0.101. The Hall–Kier alpha value is -2.09. The Kier molecular flexibility index (Phi) is 6.20. The van der Waals surface area contributed by atoms with Gasteiger partial charge in [-0.1, -0.05) is 74.5 Å². The van der Waals surface area contributed by atoms with E-state index in [-0.39, 0.29) is 11.9 Å². The zero-order valence-corrected chi connectivity index (χ0v) is 13.5. The monoisotopic (exact) mass is 295 g/mol. The van der Waals surface area contributed by atoms with Crippen molar-refractivity contribution in [1.29, 1.82) is 0 Å². The molecule has 1 amide bonds. The number of hydrogen-bond acceptors (Lipinski definition) is 1. The number of nitrogens with one attached hydrogen (secondary N) is 1. The Morgan fingerprint density at radius 2 is 1.55 bits per heavy atom. The molecule has 0 fully saturated rings. The van der Waals surface area contributed by atoms with Crippen molar-refractivity contribution in [3.05, 3.63) is 71.8 Å². The molecule has 22 heavy (non-hydrogen) atoms. The van der Waals surface area contributed by atoms with Gasteiger partial charge in [-0.15, -0.1) is 0 Å². The van der Waals surface area contributed by atoms with Crippen LogP contribution in [0.5, 0.6) is 0 Å². The van der Waals surface area contributed by atoms with Gasteiger partial charge in [0.1, 0.15) is 0 Å². The normalized spacial score (nSPS) is 12.1.